The lowest BCUT2D eigenvalue weighted by Crippen LogP contribution is -2.26. The average Bonchev–Trinajstić information content (AvgIpc) is 2.28. The zero-order valence-corrected chi connectivity index (χ0v) is 11.4. The van der Waals surface area contributed by atoms with E-state index in [1.807, 2.05) is 19.9 Å². The van der Waals surface area contributed by atoms with Gasteiger partial charge in [-0.05, 0) is 36.6 Å². The van der Waals surface area contributed by atoms with Gasteiger partial charge in [0.25, 0.3) is 10.0 Å². The van der Waals surface area contributed by atoms with Crippen LogP contribution in [0.4, 0.5) is 0 Å². The minimum absolute atomic E-state index is 0.0859. The quantitative estimate of drug-likeness (QED) is 0.825. The van der Waals surface area contributed by atoms with Crippen molar-refractivity contribution in [3.8, 4) is 6.07 Å². The van der Waals surface area contributed by atoms with Gasteiger partial charge in [-0.1, -0.05) is 18.7 Å². The first-order chi connectivity index (χ1) is 8.36. The van der Waals surface area contributed by atoms with E-state index in [2.05, 4.69) is 4.89 Å². The third-order valence-corrected chi connectivity index (χ3v) is 3.43. The molecule has 18 heavy (non-hydrogen) atoms. The second kappa shape index (κ2) is 5.96. The van der Waals surface area contributed by atoms with Crippen molar-refractivity contribution in [1.29, 1.82) is 5.26 Å². The highest BCUT2D eigenvalue weighted by Gasteiger charge is 2.15. The van der Waals surface area contributed by atoms with E-state index in [0.717, 1.165) is 0 Å². The molecule has 0 radical (unpaired) electrons. The van der Waals surface area contributed by atoms with Gasteiger partial charge in [0.15, 0.2) is 0 Å². The molecule has 1 aromatic carbocycles. The standard InChI is InChI=1S/C12H16N2O3S/c1-9(2)8-17-14-18(15,16)12-5-4-11(7-13)10(3)6-12/h4-6,9,14H,8H2,1-3H3. The zero-order valence-electron chi connectivity index (χ0n) is 10.6. The van der Waals surface area contributed by atoms with Gasteiger partial charge < -0.3 is 0 Å². The molecule has 0 saturated heterocycles. The normalized spacial score (nSPS) is 11.5. The van der Waals surface area contributed by atoms with Crippen molar-refractivity contribution in [1.82, 2.24) is 4.89 Å². The molecule has 0 saturated carbocycles. The van der Waals surface area contributed by atoms with Crippen molar-refractivity contribution in [2.75, 3.05) is 6.61 Å². The number of nitrogens with one attached hydrogen (secondary N) is 1. The number of benzene rings is 1. The number of nitriles is 1. The van der Waals surface area contributed by atoms with Crippen LogP contribution >= 0.6 is 0 Å². The fourth-order valence-electron chi connectivity index (χ4n) is 1.26. The topological polar surface area (TPSA) is 79.2 Å². The second-order valence-electron chi connectivity index (χ2n) is 4.38. The van der Waals surface area contributed by atoms with Gasteiger partial charge in [0, 0.05) is 0 Å². The summed E-state index contributed by atoms with van der Waals surface area (Å²) in [5, 5.41) is 8.77. The van der Waals surface area contributed by atoms with Crippen LogP contribution in [-0.2, 0) is 14.9 Å². The van der Waals surface area contributed by atoms with Crippen LogP contribution in [0.2, 0.25) is 0 Å². The van der Waals surface area contributed by atoms with E-state index in [-0.39, 0.29) is 10.8 Å². The van der Waals surface area contributed by atoms with E-state index in [1.165, 1.54) is 18.2 Å². The maximum Gasteiger partial charge on any atom is 0.262 e. The largest absolute Gasteiger partial charge is 0.287 e. The fourth-order valence-corrected chi connectivity index (χ4v) is 2.15. The van der Waals surface area contributed by atoms with Crippen LogP contribution in [0.1, 0.15) is 25.0 Å². The smallest absolute Gasteiger partial charge is 0.262 e. The van der Waals surface area contributed by atoms with Crippen molar-refractivity contribution >= 4 is 10.0 Å². The predicted octanol–water partition coefficient (Wildman–Crippen LogP) is 1.73. The van der Waals surface area contributed by atoms with Crippen LogP contribution in [0, 0.1) is 24.2 Å². The highest BCUT2D eigenvalue weighted by molar-refractivity contribution is 7.89. The molecule has 0 heterocycles. The highest BCUT2D eigenvalue weighted by Crippen LogP contribution is 2.14. The van der Waals surface area contributed by atoms with Crippen LogP contribution in [-0.4, -0.2) is 15.0 Å². The summed E-state index contributed by atoms with van der Waals surface area (Å²) in [5.74, 6) is 0.232. The van der Waals surface area contributed by atoms with Crippen molar-refractivity contribution in [2.24, 2.45) is 5.92 Å². The summed E-state index contributed by atoms with van der Waals surface area (Å²) in [6.45, 7) is 5.82. The van der Waals surface area contributed by atoms with E-state index in [1.54, 1.807) is 6.92 Å². The first kappa shape index (κ1) is 14.6. The minimum Gasteiger partial charge on any atom is -0.287 e. The van der Waals surface area contributed by atoms with Gasteiger partial charge in [-0.2, -0.15) is 5.26 Å². The van der Waals surface area contributed by atoms with Crippen LogP contribution in [0.5, 0.6) is 0 Å². The molecule has 1 aromatic rings. The lowest BCUT2D eigenvalue weighted by molar-refractivity contribution is 0.0718. The summed E-state index contributed by atoms with van der Waals surface area (Å²) >= 11 is 0. The lowest BCUT2D eigenvalue weighted by Gasteiger charge is -2.09. The molecule has 0 aromatic heterocycles. The van der Waals surface area contributed by atoms with Gasteiger partial charge in [0.1, 0.15) is 0 Å². The summed E-state index contributed by atoms with van der Waals surface area (Å²) in [4.78, 5) is 7.05. The molecular weight excluding hydrogens is 252 g/mol. The monoisotopic (exact) mass is 268 g/mol. The number of hydrogen-bond acceptors (Lipinski definition) is 4. The molecule has 0 aliphatic heterocycles. The molecule has 0 atom stereocenters. The summed E-state index contributed by atoms with van der Waals surface area (Å²) in [6, 6.07) is 6.29. The molecule has 6 heteroatoms. The Morgan fingerprint density at radius 1 is 1.44 bits per heavy atom. The maximum absolute atomic E-state index is 11.8. The van der Waals surface area contributed by atoms with E-state index >= 15 is 0 Å². The van der Waals surface area contributed by atoms with E-state index in [9.17, 15) is 8.42 Å². The lowest BCUT2D eigenvalue weighted by atomic mass is 10.1. The molecular formula is C12H16N2O3S. The highest BCUT2D eigenvalue weighted by atomic mass is 32.2. The Morgan fingerprint density at radius 2 is 2.11 bits per heavy atom. The molecule has 0 aliphatic rings. The Morgan fingerprint density at radius 3 is 2.61 bits per heavy atom. The number of hydrogen-bond donors (Lipinski definition) is 1. The number of sulfonamides is 1. The van der Waals surface area contributed by atoms with Gasteiger partial charge in [0.2, 0.25) is 0 Å². The number of aryl methyl sites for hydroxylation is 1. The molecule has 0 aliphatic carbocycles. The molecule has 0 spiro atoms. The summed E-state index contributed by atoms with van der Waals surface area (Å²) in [6.07, 6.45) is 0. The molecule has 0 unspecified atom stereocenters. The Kier molecular flexibility index (Phi) is 4.84. The van der Waals surface area contributed by atoms with Crippen molar-refractivity contribution in [3.05, 3.63) is 29.3 Å². The molecule has 0 fully saturated rings. The molecule has 0 amide bonds. The first-order valence-electron chi connectivity index (χ1n) is 5.51. The number of rotatable bonds is 5. The SMILES string of the molecule is Cc1cc(S(=O)(=O)NOCC(C)C)ccc1C#N. The van der Waals surface area contributed by atoms with Crippen LogP contribution < -0.4 is 4.89 Å². The van der Waals surface area contributed by atoms with Gasteiger partial charge in [-0.3, -0.25) is 4.84 Å². The average molecular weight is 268 g/mol. The zero-order chi connectivity index (χ0) is 13.8. The first-order valence-corrected chi connectivity index (χ1v) is 6.99. The molecule has 1 N–H and O–H groups in total. The Hall–Kier alpha value is -1.42. The predicted molar refractivity (Wildman–Crippen MR) is 67.0 cm³/mol. The Labute approximate surface area is 107 Å². The van der Waals surface area contributed by atoms with Gasteiger partial charge in [-0.15, -0.1) is 0 Å². The molecule has 1 rings (SSSR count). The Balaban J connectivity index is 2.86. The third-order valence-electron chi connectivity index (χ3n) is 2.21. The van der Waals surface area contributed by atoms with E-state index in [4.69, 9.17) is 10.1 Å². The van der Waals surface area contributed by atoms with Crippen LogP contribution in [0.15, 0.2) is 23.1 Å². The molecule has 98 valence electrons. The Bertz CT molecular complexity index is 559. The van der Waals surface area contributed by atoms with Crippen LogP contribution in [0.3, 0.4) is 0 Å². The van der Waals surface area contributed by atoms with E-state index in [0.29, 0.717) is 17.7 Å². The summed E-state index contributed by atoms with van der Waals surface area (Å²) in [7, 11) is -3.69. The third kappa shape index (κ3) is 3.81. The fraction of sp³-hybridized carbons (Fsp3) is 0.417. The van der Waals surface area contributed by atoms with Gasteiger partial charge >= 0.3 is 0 Å². The van der Waals surface area contributed by atoms with E-state index < -0.39 is 10.0 Å². The summed E-state index contributed by atoms with van der Waals surface area (Å²) < 4.78 is 23.7. The number of nitrogens with zero attached hydrogens (tertiary/aromatic N) is 1. The van der Waals surface area contributed by atoms with Crippen molar-refractivity contribution in [2.45, 2.75) is 25.7 Å². The van der Waals surface area contributed by atoms with Gasteiger partial charge in [0.05, 0.1) is 23.1 Å². The summed E-state index contributed by atoms with van der Waals surface area (Å²) in [5.41, 5.74) is 1.07. The minimum atomic E-state index is -3.69. The van der Waals surface area contributed by atoms with Crippen molar-refractivity contribution < 1.29 is 13.3 Å². The molecule has 0 bridgehead atoms. The maximum atomic E-state index is 11.8. The van der Waals surface area contributed by atoms with Crippen molar-refractivity contribution in [3.63, 3.8) is 0 Å². The molecule has 5 nitrogen and oxygen atoms in total. The second-order valence-corrected chi connectivity index (χ2v) is 6.03. The van der Waals surface area contributed by atoms with Crippen LogP contribution in [0.25, 0.3) is 0 Å². The van der Waals surface area contributed by atoms with Gasteiger partial charge in [-0.25, -0.2) is 8.42 Å².